The summed E-state index contributed by atoms with van der Waals surface area (Å²) in [7, 11) is 0. The topological polar surface area (TPSA) is 91.6 Å². The van der Waals surface area contributed by atoms with Gasteiger partial charge in [-0.3, -0.25) is 14.9 Å². The van der Waals surface area contributed by atoms with Gasteiger partial charge < -0.3 is 15.1 Å². The Labute approximate surface area is 151 Å². The molecule has 0 radical (unpaired) electrons. The summed E-state index contributed by atoms with van der Waals surface area (Å²) >= 11 is 0. The summed E-state index contributed by atoms with van der Waals surface area (Å²) in [5.74, 6) is 0.629. The van der Waals surface area contributed by atoms with Gasteiger partial charge in [-0.2, -0.15) is 0 Å². The molecule has 2 aromatic rings. The van der Waals surface area contributed by atoms with Crippen molar-refractivity contribution in [3.8, 4) is 0 Å². The molecule has 1 amide bonds. The molecule has 3 rings (SSSR count). The molecule has 0 atom stereocenters. The van der Waals surface area contributed by atoms with E-state index in [2.05, 4.69) is 27.3 Å². The molecule has 0 bridgehead atoms. The average molecular weight is 355 g/mol. The predicted octanol–water partition coefficient (Wildman–Crippen LogP) is 2.14. The number of carbonyl (C=O) groups excluding carboxylic acids is 1. The number of rotatable bonds is 6. The summed E-state index contributed by atoms with van der Waals surface area (Å²) in [4.78, 5) is 30.6. The van der Waals surface area contributed by atoms with Crippen LogP contribution in [0, 0.1) is 10.1 Å². The summed E-state index contributed by atoms with van der Waals surface area (Å²) < 4.78 is 0. The summed E-state index contributed by atoms with van der Waals surface area (Å²) in [6, 6.07) is 13.1. The van der Waals surface area contributed by atoms with Crippen LogP contribution in [0.5, 0.6) is 0 Å². The number of anilines is 2. The minimum atomic E-state index is -0.491. The molecule has 136 valence electrons. The number of nitrogens with zero attached hydrogens (tertiary/aromatic N) is 4. The molecule has 0 unspecified atom stereocenters. The Morgan fingerprint density at radius 2 is 1.85 bits per heavy atom. The molecule has 8 nitrogen and oxygen atoms in total. The van der Waals surface area contributed by atoms with Crippen LogP contribution in [0.1, 0.15) is 6.42 Å². The van der Waals surface area contributed by atoms with Crippen LogP contribution in [-0.4, -0.2) is 53.4 Å². The first-order chi connectivity index (χ1) is 12.6. The highest BCUT2D eigenvalue weighted by Crippen LogP contribution is 2.16. The fourth-order valence-electron chi connectivity index (χ4n) is 2.91. The van der Waals surface area contributed by atoms with E-state index in [4.69, 9.17) is 0 Å². The van der Waals surface area contributed by atoms with Crippen molar-refractivity contribution in [3.05, 3.63) is 58.8 Å². The first-order valence-corrected chi connectivity index (χ1v) is 8.55. The normalized spacial score (nSPS) is 14.2. The van der Waals surface area contributed by atoms with E-state index in [0.717, 1.165) is 13.1 Å². The zero-order chi connectivity index (χ0) is 18.4. The lowest BCUT2D eigenvalue weighted by Gasteiger charge is -2.36. The minimum absolute atomic E-state index is 0.0529. The van der Waals surface area contributed by atoms with E-state index in [1.54, 1.807) is 6.07 Å². The van der Waals surface area contributed by atoms with E-state index in [0.29, 0.717) is 31.9 Å². The van der Waals surface area contributed by atoms with Crippen molar-refractivity contribution in [1.29, 1.82) is 0 Å². The Kier molecular flexibility index (Phi) is 5.62. The number of para-hydroxylation sites is 1. The van der Waals surface area contributed by atoms with Crippen LogP contribution in [-0.2, 0) is 4.79 Å². The van der Waals surface area contributed by atoms with Crippen LogP contribution in [0.2, 0.25) is 0 Å². The molecule has 0 aliphatic carbocycles. The molecule has 8 heteroatoms. The SMILES string of the molecule is O=C(CCNc1ccc([N+](=O)[O-])cn1)N1CCN(c2ccccc2)CC1. The van der Waals surface area contributed by atoms with E-state index in [9.17, 15) is 14.9 Å². The van der Waals surface area contributed by atoms with Gasteiger partial charge in [0, 0.05) is 50.9 Å². The van der Waals surface area contributed by atoms with Gasteiger partial charge in [0.25, 0.3) is 5.69 Å². The lowest BCUT2D eigenvalue weighted by molar-refractivity contribution is -0.385. The van der Waals surface area contributed by atoms with Crippen molar-refractivity contribution in [2.45, 2.75) is 6.42 Å². The maximum absolute atomic E-state index is 12.3. The van der Waals surface area contributed by atoms with Crippen LogP contribution >= 0.6 is 0 Å². The van der Waals surface area contributed by atoms with Gasteiger partial charge in [-0.25, -0.2) is 4.98 Å². The Hall–Kier alpha value is -3.16. The van der Waals surface area contributed by atoms with E-state index < -0.39 is 4.92 Å². The highest BCUT2D eigenvalue weighted by Gasteiger charge is 2.20. The Morgan fingerprint density at radius 1 is 1.12 bits per heavy atom. The van der Waals surface area contributed by atoms with Crippen molar-refractivity contribution < 1.29 is 9.72 Å². The van der Waals surface area contributed by atoms with Crippen molar-refractivity contribution in [1.82, 2.24) is 9.88 Å². The van der Waals surface area contributed by atoms with Crippen LogP contribution < -0.4 is 10.2 Å². The number of nitrogens with one attached hydrogen (secondary N) is 1. The van der Waals surface area contributed by atoms with E-state index in [1.807, 2.05) is 23.1 Å². The molecule has 1 aromatic carbocycles. The van der Waals surface area contributed by atoms with E-state index in [-0.39, 0.29) is 11.6 Å². The second-order valence-corrected chi connectivity index (χ2v) is 6.04. The Bertz CT molecular complexity index is 743. The number of amides is 1. The molecule has 26 heavy (non-hydrogen) atoms. The number of hydrogen-bond acceptors (Lipinski definition) is 6. The molecule has 0 spiro atoms. The van der Waals surface area contributed by atoms with Gasteiger partial charge in [0.1, 0.15) is 12.0 Å². The van der Waals surface area contributed by atoms with Crippen molar-refractivity contribution in [2.24, 2.45) is 0 Å². The number of nitro groups is 1. The van der Waals surface area contributed by atoms with Gasteiger partial charge in [-0.1, -0.05) is 18.2 Å². The molecule has 1 saturated heterocycles. The number of pyridine rings is 1. The lowest BCUT2D eigenvalue weighted by Crippen LogP contribution is -2.49. The van der Waals surface area contributed by atoms with E-state index in [1.165, 1.54) is 18.0 Å². The van der Waals surface area contributed by atoms with Gasteiger partial charge >= 0.3 is 0 Å². The van der Waals surface area contributed by atoms with Gasteiger partial charge in [0.05, 0.1) is 4.92 Å². The predicted molar refractivity (Wildman–Crippen MR) is 99.2 cm³/mol. The fraction of sp³-hybridized carbons (Fsp3) is 0.333. The molecule has 2 heterocycles. The third-order valence-electron chi connectivity index (χ3n) is 4.36. The molecular formula is C18H21N5O3. The third-order valence-corrected chi connectivity index (χ3v) is 4.36. The maximum Gasteiger partial charge on any atom is 0.287 e. The van der Waals surface area contributed by atoms with Crippen LogP contribution in [0.25, 0.3) is 0 Å². The summed E-state index contributed by atoms with van der Waals surface area (Å²) in [6.45, 7) is 3.52. The van der Waals surface area contributed by atoms with Crippen molar-refractivity contribution >= 4 is 23.1 Å². The molecule has 0 saturated carbocycles. The second-order valence-electron chi connectivity index (χ2n) is 6.04. The number of benzene rings is 1. The maximum atomic E-state index is 12.3. The number of piperazine rings is 1. The molecule has 1 aliphatic heterocycles. The highest BCUT2D eigenvalue weighted by molar-refractivity contribution is 5.77. The first kappa shape index (κ1) is 17.7. The summed E-state index contributed by atoms with van der Waals surface area (Å²) in [5.41, 5.74) is 1.13. The van der Waals surface area contributed by atoms with Crippen LogP contribution in [0.4, 0.5) is 17.2 Å². The summed E-state index contributed by atoms with van der Waals surface area (Å²) in [6.07, 6.45) is 1.57. The van der Waals surface area contributed by atoms with Gasteiger partial charge in [-0.05, 0) is 18.2 Å². The smallest absolute Gasteiger partial charge is 0.287 e. The zero-order valence-corrected chi connectivity index (χ0v) is 14.4. The van der Waals surface area contributed by atoms with Crippen LogP contribution in [0.3, 0.4) is 0 Å². The minimum Gasteiger partial charge on any atom is -0.370 e. The summed E-state index contributed by atoms with van der Waals surface area (Å²) in [5, 5.41) is 13.6. The molecule has 1 aromatic heterocycles. The molecule has 1 N–H and O–H groups in total. The molecule has 1 aliphatic rings. The zero-order valence-electron chi connectivity index (χ0n) is 14.4. The third kappa shape index (κ3) is 4.47. The lowest BCUT2D eigenvalue weighted by atomic mass is 10.2. The second kappa shape index (κ2) is 8.28. The monoisotopic (exact) mass is 355 g/mol. The number of carbonyl (C=O) groups is 1. The van der Waals surface area contributed by atoms with Crippen molar-refractivity contribution in [2.75, 3.05) is 42.9 Å². The Morgan fingerprint density at radius 3 is 2.46 bits per heavy atom. The first-order valence-electron chi connectivity index (χ1n) is 8.55. The molecule has 1 fully saturated rings. The van der Waals surface area contributed by atoms with Crippen molar-refractivity contribution in [3.63, 3.8) is 0 Å². The van der Waals surface area contributed by atoms with Crippen LogP contribution in [0.15, 0.2) is 48.7 Å². The highest BCUT2D eigenvalue weighted by atomic mass is 16.6. The van der Waals surface area contributed by atoms with Gasteiger partial charge in [0.2, 0.25) is 5.91 Å². The largest absolute Gasteiger partial charge is 0.370 e. The van der Waals surface area contributed by atoms with E-state index >= 15 is 0 Å². The fourth-order valence-corrected chi connectivity index (χ4v) is 2.91. The quantitative estimate of drug-likeness (QED) is 0.630. The molecular weight excluding hydrogens is 334 g/mol. The van der Waals surface area contributed by atoms with Gasteiger partial charge in [0.15, 0.2) is 0 Å². The number of aromatic nitrogens is 1. The Balaban J connectivity index is 1.41. The average Bonchev–Trinajstić information content (AvgIpc) is 2.69. The van der Waals surface area contributed by atoms with Gasteiger partial charge in [-0.15, -0.1) is 0 Å². The standard InChI is InChI=1S/C18H21N5O3/c24-18(8-9-19-17-7-6-16(14-20-17)23(25)26)22-12-10-21(11-13-22)15-4-2-1-3-5-15/h1-7,14H,8-13H2,(H,19,20). The number of hydrogen-bond donors (Lipinski definition) is 1.